The Bertz CT molecular complexity index is 744. The Morgan fingerprint density at radius 2 is 2.11 bits per heavy atom. The van der Waals surface area contributed by atoms with Gasteiger partial charge < -0.3 is 4.52 Å². The van der Waals surface area contributed by atoms with Crippen LogP contribution in [0.3, 0.4) is 0 Å². The molecule has 0 fully saturated rings. The van der Waals surface area contributed by atoms with Gasteiger partial charge in [-0.3, -0.25) is 0 Å². The number of aromatic nitrogens is 4. The molecule has 3 aromatic rings. The van der Waals surface area contributed by atoms with Crippen molar-refractivity contribution in [2.45, 2.75) is 26.7 Å². The number of benzene rings is 1. The fourth-order valence-electron chi connectivity index (χ4n) is 2.09. The molecule has 2 aromatic heterocycles. The first-order valence-corrected chi connectivity index (χ1v) is 6.05. The second kappa shape index (κ2) is 4.15. The normalized spacial score (nSPS) is 11.6. The summed E-state index contributed by atoms with van der Waals surface area (Å²) < 4.78 is 20.4. The highest BCUT2D eigenvalue weighted by Gasteiger charge is 2.19. The lowest BCUT2D eigenvalue weighted by molar-refractivity contribution is 0.390. The molecule has 6 heteroatoms. The van der Waals surface area contributed by atoms with Crippen molar-refractivity contribution in [2.75, 3.05) is 0 Å². The van der Waals surface area contributed by atoms with Gasteiger partial charge in [-0.1, -0.05) is 26.0 Å². The topological polar surface area (TPSA) is 56.7 Å². The largest absolute Gasteiger partial charge is 0.338 e. The van der Waals surface area contributed by atoms with Crippen LogP contribution in [0.4, 0.5) is 4.39 Å². The smallest absolute Gasteiger partial charge is 0.291 e. The molecule has 0 saturated heterocycles. The zero-order chi connectivity index (χ0) is 13.6. The Morgan fingerprint density at radius 1 is 1.32 bits per heavy atom. The maximum absolute atomic E-state index is 14.1. The van der Waals surface area contributed by atoms with E-state index in [1.165, 1.54) is 10.7 Å². The third-order valence-corrected chi connectivity index (χ3v) is 2.94. The van der Waals surface area contributed by atoms with Crippen LogP contribution in [0.25, 0.3) is 16.9 Å². The highest BCUT2D eigenvalue weighted by atomic mass is 19.1. The molecule has 0 unspecified atom stereocenters. The number of fused-ring (bicyclic) bond motifs is 1. The maximum Gasteiger partial charge on any atom is 0.291 e. The third-order valence-electron chi connectivity index (χ3n) is 2.94. The SMILES string of the molecule is Cc1nc(-n2nc(C(C)C)c3cccc(F)c32)no1. The summed E-state index contributed by atoms with van der Waals surface area (Å²) in [5.41, 5.74) is 1.20. The molecule has 98 valence electrons. The van der Waals surface area contributed by atoms with Crippen LogP contribution in [0.1, 0.15) is 31.4 Å². The second-order valence-corrected chi connectivity index (χ2v) is 4.70. The lowest BCUT2D eigenvalue weighted by Crippen LogP contribution is -2.01. The predicted molar refractivity (Wildman–Crippen MR) is 67.7 cm³/mol. The summed E-state index contributed by atoms with van der Waals surface area (Å²) in [5.74, 6) is 0.499. The molecule has 0 amide bonds. The molecule has 0 aliphatic heterocycles. The molecular weight excluding hydrogens is 247 g/mol. The Morgan fingerprint density at radius 3 is 2.74 bits per heavy atom. The van der Waals surface area contributed by atoms with Crippen molar-refractivity contribution in [3.63, 3.8) is 0 Å². The number of halogens is 1. The first kappa shape index (κ1) is 11.8. The molecule has 0 saturated carbocycles. The predicted octanol–water partition coefficient (Wildman–Crippen LogP) is 2.98. The van der Waals surface area contributed by atoms with E-state index in [0.717, 1.165) is 11.1 Å². The molecule has 0 atom stereocenters. The van der Waals surface area contributed by atoms with E-state index in [1.54, 1.807) is 13.0 Å². The highest BCUT2D eigenvalue weighted by Crippen LogP contribution is 2.28. The highest BCUT2D eigenvalue weighted by molar-refractivity contribution is 5.84. The zero-order valence-corrected chi connectivity index (χ0v) is 10.9. The summed E-state index contributed by atoms with van der Waals surface area (Å²) in [6, 6.07) is 4.93. The lowest BCUT2D eigenvalue weighted by Gasteiger charge is -1.98. The van der Waals surface area contributed by atoms with E-state index in [0.29, 0.717) is 11.4 Å². The average Bonchev–Trinajstić information content (AvgIpc) is 2.93. The van der Waals surface area contributed by atoms with Gasteiger partial charge in [-0.2, -0.15) is 14.8 Å². The third kappa shape index (κ3) is 1.80. The van der Waals surface area contributed by atoms with Crippen molar-refractivity contribution in [3.8, 4) is 5.95 Å². The van der Waals surface area contributed by atoms with Crippen molar-refractivity contribution in [2.24, 2.45) is 0 Å². The van der Waals surface area contributed by atoms with Gasteiger partial charge in [0.1, 0.15) is 11.3 Å². The molecule has 2 heterocycles. The van der Waals surface area contributed by atoms with E-state index in [-0.39, 0.29) is 17.7 Å². The Hall–Kier alpha value is -2.24. The van der Waals surface area contributed by atoms with Gasteiger partial charge in [-0.15, -0.1) is 0 Å². The van der Waals surface area contributed by atoms with Gasteiger partial charge in [0.15, 0.2) is 0 Å². The summed E-state index contributed by atoms with van der Waals surface area (Å²) in [5, 5.41) is 9.00. The average molecular weight is 260 g/mol. The zero-order valence-electron chi connectivity index (χ0n) is 10.9. The molecule has 1 aromatic carbocycles. The minimum atomic E-state index is -0.348. The van der Waals surface area contributed by atoms with Crippen LogP contribution in [-0.2, 0) is 0 Å². The van der Waals surface area contributed by atoms with E-state index in [1.807, 2.05) is 19.9 Å². The summed E-state index contributed by atoms with van der Waals surface area (Å²) in [6.45, 7) is 5.71. The van der Waals surface area contributed by atoms with Gasteiger partial charge in [0.05, 0.1) is 5.69 Å². The van der Waals surface area contributed by atoms with Crippen LogP contribution in [0.5, 0.6) is 0 Å². The van der Waals surface area contributed by atoms with Gasteiger partial charge in [0.2, 0.25) is 5.89 Å². The van der Waals surface area contributed by atoms with Crippen molar-refractivity contribution in [3.05, 3.63) is 35.6 Å². The van der Waals surface area contributed by atoms with E-state index >= 15 is 0 Å². The van der Waals surface area contributed by atoms with Crippen molar-refractivity contribution >= 4 is 10.9 Å². The number of nitrogens with zero attached hydrogens (tertiary/aromatic N) is 4. The summed E-state index contributed by atoms with van der Waals surface area (Å²) >= 11 is 0. The van der Waals surface area contributed by atoms with Gasteiger partial charge in [0.25, 0.3) is 5.95 Å². The van der Waals surface area contributed by atoms with Crippen molar-refractivity contribution < 1.29 is 8.91 Å². The molecule has 0 aliphatic carbocycles. The minimum Gasteiger partial charge on any atom is -0.338 e. The number of aryl methyl sites for hydroxylation is 1. The molecular formula is C13H13FN4O. The Balaban J connectivity index is 2.36. The summed E-state index contributed by atoms with van der Waals surface area (Å²) in [4.78, 5) is 4.10. The standard InChI is InChI=1S/C13H13FN4O/c1-7(2)11-9-5-4-6-10(14)12(9)18(16-11)13-15-8(3)19-17-13/h4-7H,1-3H3. The summed E-state index contributed by atoms with van der Waals surface area (Å²) in [6.07, 6.45) is 0. The lowest BCUT2D eigenvalue weighted by atomic mass is 10.1. The molecule has 0 spiro atoms. The number of rotatable bonds is 2. The van der Waals surface area contributed by atoms with Crippen LogP contribution in [0.15, 0.2) is 22.7 Å². The van der Waals surface area contributed by atoms with E-state index in [4.69, 9.17) is 4.52 Å². The van der Waals surface area contributed by atoms with Crippen molar-refractivity contribution in [1.29, 1.82) is 0 Å². The van der Waals surface area contributed by atoms with E-state index in [2.05, 4.69) is 15.2 Å². The monoisotopic (exact) mass is 260 g/mol. The van der Waals surface area contributed by atoms with Gasteiger partial charge >= 0.3 is 0 Å². The molecule has 0 radical (unpaired) electrons. The van der Waals surface area contributed by atoms with Gasteiger partial charge in [-0.05, 0) is 17.1 Å². The first-order chi connectivity index (χ1) is 9.08. The summed E-state index contributed by atoms with van der Waals surface area (Å²) in [7, 11) is 0. The van der Waals surface area contributed by atoms with Crippen LogP contribution in [-0.4, -0.2) is 19.9 Å². The van der Waals surface area contributed by atoms with Crippen molar-refractivity contribution in [1.82, 2.24) is 19.9 Å². The Labute approximate surface area is 109 Å². The molecule has 19 heavy (non-hydrogen) atoms. The van der Waals surface area contributed by atoms with Crippen LogP contribution < -0.4 is 0 Å². The molecule has 0 N–H and O–H groups in total. The van der Waals surface area contributed by atoms with E-state index in [9.17, 15) is 4.39 Å². The quantitative estimate of drug-likeness (QED) is 0.710. The molecule has 0 bridgehead atoms. The molecule has 0 aliphatic rings. The fourth-order valence-corrected chi connectivity index (χ4v) is 2.09. The number of hydrogen-bond donors (Lipinski definition) is 0. The van der Waals surface area contributed by atoms with Crippen LogP contribution >= 0.6 is 0 Å². The Kier molecular flexibility index (Phi) is 2.58. The first-order valence-electron chi connectivity index (χ1n) is 6.05. The maximum atomic E-state index is 14.1. The minimum absolute atomic E-state index is 0.179. The second-order valence-electron chi connectivity index (χ2n) is 4.70. The number of para-hydroxylation sites is 1. The van der Waals surface area contributed by atoms with Gasteiger partial charge in [-0.25, -0.2) is 4.39 Å². The molecule has 5 nitrogen and oxygen atoms in total. The van der Waals surface area contributed by atoms with E-state index < -0.39 is 0 Å². The van der Waals surface area contributed by atoms with Crippen LogP contribution in [0, 0.1) is 12.7 Å². The fraction of sp³-hybridized carbons (Fsp3) is 0.308. The van der Waals surface area contributed by atoms with Crippen LogP contribution in [0.2, 0.25) is 0 Å². The molecule has 3 rings (SSSR count). The van der Waals surface area contributed by atoms with Gasteiger partial charge in [0, 0.05) is 12.3 Å². The number of hydrogen-bond acceptors (Lipinski definition) is 4.